The average Bonchev–Trinajstić information content (AvgIpc) is 3.06. The number of alkyl halides is 3. The van der Waals surface area contributed by atoms with Gasteiger partial charge in [0.1, 0.15) is 0 Å². The molecule has 1 aliphatic rings. The standard InChI is InChI=1S/C13H10F3N2/c14-13(15,16)10-2-1-3-11(8-10)18-12(6-7-17-18)9-4-5-9/h1-3,7-9H,4-5H2. The van der Waals surface area contributed by atoms with E-state index in [0.29, 0.717) is 11.6 Å². The zero-order valence-electron chi connectivity index (χ0n) is 9.41. The van der Waals surface area contributed by atoms with Crippen LogP contribution in [0.15, 0.2) is 30.5 Å². The van der Waals surface area contributed by atoms with Gasteiger partial charge in [-0.3, -0.25) is 0 Å². The quantitative estimate of drug-likeness (QED) is 0.797. The molecule has 1 fully saturated rings. The van der Waals surface area contributed by atoms with Gasteiger partial charge in [0.05, 0.1) is 23.1 Å². The second kappa shape index (κ2) is 3.86. The third kappa shape index (κ3) is 2.00. The maximum atomic E-state index is 12.6. The highest BCUT2D eigenvalue weighted by Crippen LogP contribution is 2.40. The monoisotopic (exact) mass is 251 g/mol. The van der Waals surface area contributed by atoms with Crippen molar-refractivity contribution in [3.8, 4) is 5.69 Å². The van der Waals surface area contributed by atoms with E-state index in [2.05, 4.69) is 11.2 Å². The molecule has 2 nitrogen and oxygen atoms in total. The minimum absolute atomic E-state index is 0.391. The van der Waals surface area contributed by atoms with E-state index in [-0.39, 0.29) is 0 Å². The summed E-state index contributed by atoms with van der Waals surface area (Å²) in [5.41, 5.74) is 0.652. The zero-order valence-corrected chi connectivity index (χ0v) is 9.41. The number of rotatable bonds is 2. The molecular weight excluding hydrogens is 241 g/mol. The number of hydrogen-bond donors (Lipinski definition) is 0. The maximum Gasteiger partial charge on any atom is 0.416 e. The molecule has 0 bridgehead atoms. The number of nitrogens with zero attached hydrogens (tertiary/aromatic N) is 2. The van der Waals surface area contributed by atoms with E-state index in [1.54, 1.807) is 10.7 Å². The minimum atomic E-state index is -4.33. The van der Waals surface area contributed by atoms with E-state index < -0.39 is 11.7 Å². The van der Waals surface area contributed by atoms with Crippen LogP contribution in [0.1, 0.15) is 30.0 Å². The zero-order chi connectivity index (χ0) is 12.8. The summed E-state index contributed by atoms with van der Waals surface area (Å²) in [5.74, 6) is 0.391. The van der Waals surface area contributed by atoms with Crippen molar-refractivity contribution in [3.63, 3.8) is 0 Å². The van der Waals surface area contributed by atoms with Crippen molar-refractivity contribution in [2.45, 2.75) is 24.9 Å². The van der Waals surface area contributed by atoms with E-state index in [4.69, 9.17) is 0 Å². The van der Waals surface area contributed by atoms with Gasteiger partial charge in [-0.25, -0.2) is 4.68 Å². The predicted molar refractivity (Wildman–Crippen MR) is 59.4 cm³/mol. The molecule has 18 heavy (non-hydrogen) atoms. The summed E-state index contributed by atoms with van der Waals surface area (Å²) in [5, 5.41) is 4.06. The van der Waals surface area contributed by atoms with Gasteiger partial charge in [0.2, 0.25) is 0 Å². The molecule has 0 N–H and O–H groups in total. The largest absolute Gasteiger partial charge is 0.416 e. The minimum Gasteiger partial charge on any atom is -0.237 e. The van der Waals surface area contributed by atoms with Crippen LogP contribution >= 0.6 is 0 Å². The van der Waals surface area contributed by atoms with Crippen molar-refractivity contribution < 1.29 is 13.2 Å². The molecule has 1 aliphatic carbocycles. The fourth-order valence-corrected chi connectivity index (χ4v) is 1.94. The molecule has 2 aromatic rings. The summed E-state index contributed by atoms with van der Waals surface area (Å²) in [4.78, 5) is 0. The molecule has 1 aromatic carbocycles. The van der Waals surface area contributed by atoms with E-state index in [9.17, 15) is 13.2 Å². The highest BCUT2D eigenvalue weighted by molar-refractivity contribution is 5.38. The van der Waals surface area contributed by atoms with Crippen LogP contribution in [0.4, 0.5) is 13.2 Å². The molecule has 0 amide bonds. The lowest BCUT2D eigenvalue weighted by Crippen LogP contribution is -2.07. The Bertz CT molecular complexity index is 568. The van der Waals surface area contributed by atoms with Gasteiger partial charge >= 0.3 is 6.18 Å². The number of aromatic nitrogens is 2. The summed E-state index contributed by atoms with van der Waals surface area (Å²) >= 11 is 0. The van der Waals surface area contributed by atoms with Gasteiger partial charge in [-0.1, -0.05) is 6.07 Å². The van der Waals surface area contributed by atoms with Crippen molar-refractivity contribution in [2.24, 2.45) is 0 Å². The van der Waals surface area contributed by atoms with Crippen molar-refractivity contribution in [2.75, 3.05) is 0 Å². The molecule has 0 atom stereocenters. The van der Waals surface area contributed by atoms with Gasteiger partial charge in [-0.05, 0) is 31.0 Å². The fourth-order valence-electron chi connectivity index (χ4n) is 1.94. The lowest BCUT2D eigenvalue weighted by atomic mass is 10.2. The summed E-state index contributed by atoms with van der Waals surface area (Å²) in [7, 11) is 0. The summed E-state index contributed by atoms with van der Waals surface area (Å²) < 4.78 is 39.5. The van der Waals surface area contributed by atoms with Crippen molar-refractivity contribution >= 4 is 0 Å². The first-order valence-electron chi connectivity index (χ1n) is 5.69. The van der Waals surface area contributed by atoms with E-state index >= 15 is 0 Å². The van der Waals surface area contributed by atoms with E-state index in [1.807, 2.05) is 0 Å². The highest BCUT2D eigenvalue weighted by atomic mass is 19.4. The van der Waals surface area contributed by atoms with Crippen LogP contribution in [0.5, 0.6) is 0 Å². The molecule has 0 aliphatic heterocycles. The number of hydrogen-bond acceptors (Lipinski definition) is 1. The van der Waals surface area contributed by atoms with Gasteiger partial charge in [0.15, 0.2) is 0 Å². The Kier molecular flexibility index (Phi) is 2.43. The summed E-state index contributed by atoms with van der Waals surface area (Å²) in [6, 6.07) is 8.20. The second-order valence-corrected chi connectivity index (χ2v) is 4.41. The lowest BCUT2D eigenvalue weighted by molar-refractivity contribution is -0.137. The Morgan fingerprint density at radius 1 is 1.28 bits per heavy atom. The Morgan fingerprint density at radius 3 is 2.72 bits per heavy atom. The molecule has 93 valence electrons. The number of benzene rings is 1. The van der Waals surface area contributed by atoms with Gasteiger partial charge in [-0.2, -0.15) is 18.3 Å². The van der Waals surface area contributed by atoms with Crippen molar-refractivity contribution in [3.05, 3.63) is 47.8 Å². The highest BCUT2D eigenvalue weighted by Gasteiger charge is 2.31. The Labute approximate surface area is 102 Å². The topological polar surface area (TPSA) is 17.8 Å². The SMILES string of the molecule is FC(F)(F)c1cccc(-n2nc[c]c2C2CC2)c1. The predicted octanol–water partition coefficient (Wildman–Crippen LogP) is 3.57. The molecule has 1 aromatic heterocycles. The maximum absolute atomic E-state index is 12.6. The molecule has 0 saturated heterocycles. The summed E-state index contributed by atoms with van der Waals surface area (Å²) in [6.07, 6.45) is -0.706. The first-order chi connectivity index (χ1) is 8.55. The van der Waals surface area contributed by atoms with Crippen molar-refractivity contribution in [1.82, 2.24) is 9.78 Å². The van der Waals surface area contributed by atoms with Crippen LogP contribution < -0.4 is 0 Å². The van der Waals surface area contributed by atoms with Gasteiger partial charge in [0.25, 0.3) is 0 Å². The fraction of sp³-hybridized carbons (Fsp3) is 0.308. The van der Waals surface area contributed by atoms with Crippen LogP contribution in [0, 0.1) is 6.07 Å². The van der Waals surface area contributed by atoms with Crippen LogP contribution in [-0.4, -0.2) is 9.78 Å². The molecule has 0 spiro atoms. The van der Waals surface area contributed by atoms with E-state index in [1.165, 1.54) is 12.3 Å². The lowest BCUT2D eigenvalue weighted by Gasteiger charge is -2.10. The van der Waals surface area contributed by atoms with E-state index in [0.717, 1.165) is 30.7 Å². The smallest absolute Gasteiger partial charge is 0.237 e. The first kappa shape index (κ1) is 11.3. The Hall–Kier alpha value is -1.78. The van der Waals surface area contributed by atoms with Crippen LogP contribution in [0.3, 0.4) is 0 Å². The average molecular weight is 251 g/mol. The van der Waals surface area contributed by atoms with Crippen LogP contribution in [0.25, 0.3) is 5.69 Å². The third-order valence-corrected chi connectivity index (χ3v) is 3.00. The first-order valence-corrected chi connectivity index (χ1v) is 5.69. The van der Waals surface area contributed by atoms with Gasteiger partial charge in [0, 0.05) is 12.0 Å². The Balaban J connectivity index is 2.03. The normalized spacial score (nSPS) is 15.9. The molecule has 1 radical (unpaired) electrons. The van der Waals surface area contributed by atoms with Gasteiger partial charge in [-0.15, -0.1) is 0 Å². The molecule has 0 unspecified atom stereocenters. The molecule has 3 rings (SSSR count). The molecule has 1 heterocycles. The molecule has 1 saturated carbocycles. The van der Waals surface area contributed by atoms with Gasteiger partial charge < -0.3 is 0 Å². The molecule has 5 heteroatoms. The summed E-state index contributed by atoms with van der Waals surface area (Å²) in [6.45, 7) is 0. The van der Waals surface area contributed by atoms with Crippen molar-refractivity contribution in [1.29, 1.82) is 0 Å². The molecular formula is C13H10F3N2. The number of halogens is 3. The second-order valence-electron chi connectivity index (χ2n) is 4.41. The van der Waals surface area contributed by atoms with Crippen LogP contribution in [0.2, 0.25) is 0 Å². The Morgan fingerprint density at radius 2 is 2.06 bits per heavy atom. The van der Waals surface area contributed by atoms with Crippen LogP contribution in [-0.2, 0) is 6.18 Å². The third-order valence-electron chi connectivity index (χ3n) is 3.00.